The first kappa shape index (κ1) is 21.3. The summed E-state index contributed by atoms with van der Waals surface area (Å²) >= 11 is -2.56. The Labute approximate surface area is 151 Å². The summed E-state index contributed by atoms with van der Waals surface area (Å²) in [4.78, 5) is 17.0. The van der Waals surface area contributed by atoms with Crippen LogP contribution in [0.15, 0.2) is 6.20 Å². The summed E-state index contributed by atoms with van der Waals surface area (Å²) < 4.78 is 7.58. The average molecular weight is 444 g/mol. The van der Waals surface area contributed by atoms with Gasteiger partial charge in [0.25, 0.3) is 0 Å². The number of aromatic nitrogens is 2. The van der Waals surface area contributed by atoms with Crippen LogP contribution in [-0.2, 0) is 7.05 Å². The molecule has 0 unspecified atom stereocenters. The van der Waals surface area contributed by atoms with Gasteiger partial charge < -0.3 is 0 Å². The minimum absolute atomic E-state index is 0.558. The third-order valence-corrected chi connectivity index (χ3v) is 20.8. The summed E-state index contributed by atoms with van der Waals surface area (Å²) in [6, 6.07) is 0. The number of unbranched alkanes of at least 4 members (excludes halogenated alkanes) is 3. The third kappa shape index (κ3) is 5.14. The number of imidazole rings is 1. The van der Waals surface area contributed by atoms with Crippen molar-refractivity contribution in [2.24, 2.45) is 7.05 Å². The van der Waals surface area contributed by atoms with Crippen molar-refractivity contribution < 1.29 is 9.90 Å². The molecule has 0 aliphatic carbocycles. The van der Waals surface area contributed by atoms with Crippen molar-refractivity contribution in [1.82, 2.24) is 9.55 Å². The monoisotopic (exact) mass is 445 g/mol. The van der Waals surface area contributed by atoms with Crippen molar-refractivity contribution in [2.45, 2.75) is 72.6 Å². The third-order valence-electron chi connectivity index (χ3n) is 5.12. The number of carbonyl (C=O) groups is 1. The van der Waals surface area contributed by atoms with Gasteiger partial charge in [0.1, 0.15) is 0 Å². The molecule has 0 aromatic carbocycles. The number of nitrogens with zero attached hydrogens (tertiary/aromatic N) is 3. The molecule has 1 heterocycles. The van der Waals surface area contributed by atoms with E-state index in [2.05, 4.69) is 30.3 Å². The van der Waals surface area contributed by atoms with E-state index < -0.39 is 24.5 Å². The summed E-state index contributed by atoms with van der Waals surface area (Å²) in [7, 11) is 3.59. The zero-order valence-corrected chi connectivity index (χ0v) is 19.0. The van der Waals surface area contributed by atoms with Crippen LogP contribution in [0.1, 0.15) is 59.3 Å². The molecular formula is C18H35N3O2Sn. The molecule has 1 aromatic rings. The van der Waals surface area contributed by atoms with E-state index in [-0.39, 0.29) is 0 Å². The Morgan fingerprint density at radius 1 is 1.12 bits per heavy atom. The summed E-state index contributed by atoms with van der Waals surface area (Å²) in [6.07, 6.45) is 8.62. The Morgan fingerprint density at radius 3 is 1.96 bits per heavy atom. The van der Waals surface area contributed by atoms with Crippen LogP contribution < -0.4 is 8.61 Å². The van der Waals surface area contributed by atoms with E-state index in [0.29, 0.717) is 5.95 Å². The van der Waals surface area contributed by atoms with Crippen molar-refractivity contribution in [3.8, 4) is 0 Å². The molecule has 0 aliphatic heterocycles. The van der Waals surface area contributed by atoms with Crippen LogP contribution in [0, 0.1) is 0 Å². The quantitative estimate of drug-likeness (QED) is 0.508. The zero-order chi connectivity index (χ0) is 18.2. The predicted octanol–water partition coefficient (Wildman–Crippen LogP) is 4.59. The van der Waals surface area contributed by atoms with Crippen molar-refractivity contribution in [2.75, 3.05) is 11.9 Å². The first-order chi connectivity index (χ1) is 11.4. The van der Waals surface area contributed by atoms with Crippen molar-refractivity contribution in [1.29, 1.82) is 0 Å². The second-order valence-corrected chi connectivity index (χ2v) is 20.0. The Hall–Kier alpha value is -0.721. The zero-order valence-electron chi connectivity index (χ0n) is 16.1. The van der Waals surface area contributed by atoms with Gasteiger partial charge in [0, 0.05) is 0 Å². The molecule has 0 radical (unpaired) electrons. The predicted molar refractivity (Wildman–Crippen MR) is 104 cm³/mol. The molecule has 6 heteroatoms. The maximum absolute atomic E-state index is 11.3. The Kier molecular flexibility index (Phi) is 9.16. The first-order valence-electron chi connectivity index (χ1n) is 9.42. The van der Waals surface area contributed by atoms with Gasteiger partial charge in [-0.1, -0.05) is 0 Å². The van der Waals surface area contributed by atoms with Crippen LogP contribution in [0.3, 0.4) is 0 Å². The van der Waals surface area contributed by atoms with Gasteiger partial charge >= 0.3 is 151 Å². The minimum atomic E-state index is -2.56. The van der Waals surface area contributed by atoms with Gasteiger partial charge in [-0.3, -0.25) is 0 Å². The standard InChI is InChI=1S/C6H8N3O2.3C4H9.Sn/c1-8-4-3-7-5(8)9(2)6(10)11;3*1-3-4-2;/h3H,1-2H3,(H,10,11);3*1,3-4H2,2H3;. The molecule has 1 amide bonds. The van der Waals surface area contributed by atoms with Gasteiger partial charge in [0.05, 0.1) is 0 Å². The van der Waals surface area contributed by atoms with Crippen LogP contribution in [0.25, 0.3) is 0 Å². The number of hydrogen-bond donors (Lipinski definition) is 1. The van der Waals surface area contributed by atoms with Gasteiger partial charge in [0.15, 0.2) is 0 Å². The summed E-state index contributed by atoms with van der Waals surface area (Å²) in [6.45, 7) is 6.80. The van der Waals surface area contributed by atoms with Crippen molar-refractivity contribution >= 4 is 34.1 Å². The van der Waals surface area contributed by atoms with Crippen LogP contribution in [0.5, 0.6) is 0 Å². The van der Waals surface area contributed by atoms with Crippen molar-refractivity contribution in [3.05, 3.63) is 6.20 Å². The maximum atomic E-state index is 11.3. The van der Waals surface area contributed by atoms with Gasteiger partial charge in [-0.15, -0.1) is 0 Å². The van der Waals surface area contributed by atoms with E-state index in [4.69, 9.17) is 0 Å². The molecule has 24 heavy (non-hydrogen) atoms. The van der Waals surface area contributed by atoms with E-state index >= 15 is 0 Å². The molecule has 0 saturated heterocycles. The molecule has 1 rings (SSSR count). The Balaban J connectivity index is 3.27. The Morgan fingerprint density at radius 2 is 1.58 bits per heavy atom. The molecule has 5 nitrogen and oxygen atoms in total. The fourth-order valence-corrected chi connectivity index (χ4v) is 20.0. The second kappa shape index (κ2) is 10.3. The Bertz CT molecular complexity index is 495. The molecule has 0 spiro atoms. The topological polar surface area (TPSA) is 58.4 Å². The molecule has 0 fully saturated rings. The fourth-order valence-electron chi connectivity index (χ4n) is 3.59. The molecule has 1 aromatic heterocycles. The van der Waals surface area contributed by atoms with Crippen LogP contribution in [-0.4, -0.2) is 46.2 Å². The van der Waals surface area contributed by atoms with Gasteiger partial charge in [0.2, 0.25) is 0 Å². The number of anilines is 1. The summed E-state index contributed by atoms with van der Waals surface area (Å²) in [5.74, 6) is 0.558. The molecule has 0 saturated carbocycles. The molecule has 138 valence electrons. The average Bonchev–Trinajstić information content (AvgIpc) is 2.96. The fraction of sp³-hybridized carbons (Fsp3) is 0.778. The van der Waals surface area contributed by atoms with Gasteiger partial charge in [-0.05, 0) is 0 Å². The van der Waals surface area contributed by atoms with E-state index in [1.165, 1.54) is 60.4 Å². The number of rotatable bonds is 11. The second-order valence-electron chi connectivity index (χ2n) is 6.94. The SMILES string of the molecule is CCC[CH2][Sn]([CH2]CCC)([CH2]CCC)[c]1cnc(N(C)C(=O)O)n1C. The first-order valence-corrected chi connectivity index (χ1v) is 16.9. The van der Waals surface area contributed by atoms with Gasteiger partial charge in [-0.2, -0.15) is 0 Å². The molecular weight excluding hydrogens is 409 g/mol. The summed E-state index contributed by atoms with van der Waals surface area (Å²) in [5, 5.41) is 9.29. The van der Waals surface area contributed by atoms with E-state index in [1.807, 2.05) is 13.2 Å². The molecule has 1 N–H and O–H groups in total. The van der Waals surface area contributed by atoms with Crippen LogP contribution >= 0.6 is 0 Å². The molecule has 0 atom stereocenters. The normalized spacial score (nSPS) is 11.7. The molecule has 0 bridgehead atoms. The van der Waals surface area contributed by atoms with Gasteiger partial charge in [-0.25, -0.2) is 0 Å². The van der Waals surface area contributed by atoms with E-state index in [0.717, 1.165) is 0 Å². The number of hydrogen-bond acceptors (Lipinski definition) is 2. The van der Waals surface area contributed by atoms with E-state index in [9.17, 15) is 9.90 Å². The number of amides is 1. The van der Waals surface area contributed by atoms with Crippen LogP contribution in [0.4, 0.5) is 10.7 Å². The summed E-state index contributed by atoms with van der Waals surface area (Å²) in [5.41, 5.74) is 0. The van der Waals surface area contributed by atoms with Crippen molar-refractivity contribution in [3.63, 3.8) is 0 Å². The number of carboxylic acid groups (broad SMARTS) is 1. The van der Waals surface area contributed by atoms with Crippen LogP contribution in [0.2, 0.25) is 13.3 Å². The molecule has 0 aliphatic rings. The van der Waals surface area contributed by atoms with E-state index in [1.54, 1.807) is 7.05 Å².